The van der Waals surface area contributed by atoms with Crippen LogP contribution in [-0.4, -0.2) is 42.8 Å². The molecule has 0 aliphatic carbocycles. The number of rotatable bonds is 7. The van der Waals surface area contributed by atoms with E-state index in [9.17, 15) is 4.79 Å². The molecule has 2 atom stereocenters. The first kappa shape index (κ1) is 12.7. The molecule has 13 heavy (non-hydrogen) atoms. The van der Waals surface area contributed by atoms with E-state index in [4.69, 9.17) is 14.6 Å². The van der Waals surface area contributed by atoms with Crippen molar-refractivity contribution in [3.05, 3.63) is 0 Å². The first-order valence-corrected chi connectivity index (χ1v) is 4.73. The summed E-state index contributed by atoms with van der Waals surface area (Å²) in [5.41, 5.74) is 0. The minimum absolute atomic E-state index is 0.0920. The number of hydrogen-bond acceptors (Lipinski definition) is 4. The fourth-order valence-electron chi connectivity index (χ4n) is 0.696. The second kappa shape index (κ2) is 7.17. The van der Waals surface area contributed by atoms with Crippen molar-refractivity contribution in [1.29, 1.82) is 0 Å². The van der Waals surface area contributed by atoms with Crippen LogP contribution in [0.4, 0.5) is 0 Å². The van der Waals surface area contributed by atoms with E-state index in [1.807, 2.05) is 6.92 Å². The Hall–Kier alpha value is -0.260. The van der Waals surface area contributed by atoms with E-state index in [0.29, 0.717) is 13.0 Å². The molecule has 0 fully saturated rings. The minimum Gasteiger partial charge on any atom is -0.479 e. The molecular weight excluding hydrogens is 192 g/mol. The number of hydrogen-bond donors (Lipinski definition) is 2. The highest BCUT2D eigenvalue weighted by molar-refractivity contribution is 7.80. The third kappa shape index (κ3) is 5.90. The summed E-state index contributed by atoms with van der Waals surface area (Å²) in [6.45, 7) is 2.28. The van der Waals surface area contributed by atoms with Gasteiger partial charge in [0, 0.05) is 12.9 Å². The molecule has 0 bridgehead atoms. The van der Waals surface area contributed by atoms with Gasteiger partial charge in [-0.2, -0.15) is 12.6 Å². The van der Waals surface area contributed by atoms with Gasteiger partial charge in [-0.25, -0.2) is 4.79 Å². The molecule has 0 aliphatic rings. The highest BCUT2D eigenvalue weighted by Gasteiger charge is 2.15. The fourth-order valence-corrected chi connectivity index (χ4v) is 0.958. The highest BCUT2D eigenvalue weighted by Crippen LogP contribution is 2.00. The van der Waals surface area contributed by atoms with Crippen LogP contribution in [-0.2, 0) is 14.3 Å². The summed E-state index contributed by atoms with van der Waals surface area (Å²) in [5, 5.41) is 8.59. The number of methoxy groups -OCH3 is 1. The van der Waals surface area contributed by atoms with E-state index < -0.39 is 12.1 Å². The summed E-state index contributed by atoms with van der Waals surface area (Å²) in [6.07, 6.45) is -0.0321. The maximum Gasteiger partial charge on any atom is 0.333 e. The van der Waals surface area contributed by atoms with Crippen molar-refractivity contribution in [1.82, 2.24) is 0 Å². The van der Waals surface area contributed by atoms with Crippen molar-refractivity contribution in [2.75, 3.05) is 19.5 Å². The summed E-state index contributed by atoms with van der Waals surface area (Å²) in [4.78, 5) is 10.5. The van der Waals surface area contributed by atoms with Gasteiger partial charge in [0.05, 0.1) is 12.7 Å². The molecule has 0 radical (unpaired) electrons. The van der Waals surface area contributed by atoms with Crippen LogP contribution in [0, 0.1) is 0 Å². The maximum atomic E-state index is 10.5. The Morgan fingerprint density at radius 2 is 2.23 bits per heavy atom. The molecule has 4 nitrogen and oxygen atoms in total. The second-order valence-corrected chi connectivity index (χ2v) is 3.08. The average molecular weight is 208 g/mol. The average Bonchev–Trinajstić information content (AvgIpc) is 2.11. The van der Waals surface area contributed by atoms with E-state index in [2.05, 4.69) is 12.6 Å². The lowest BCUT2D eigenvalue weighted by molar-refractivity contribution is -0.149. The molecule has 0 amide bonds. The number of carboxylic acid groups (broad SMARTS) is 1. The molecule has 5 heteroatoms. The maximum absolute atomic E-state index is 10.5. The highest BCUT2D eigenvalue weighted by atomic mass is 32.1. The lowest BCUT2D eigenvalue weighted by atomic mass is 10.3. The van der Waals surface area contributed by atoms with Gasteiger partial charge in [-0.3, -0.25) is 0 Å². The molecule has 0 aliphatic heterocycles. The van der Waals surface area contributed by atoms with Gasteiger partial charge in [0.15, 0.2) is 6.10 Å². The lowest BCUT2D eigenvalue weighted by Crippen LogP contribution is -2.27. The number of thiol groups is 1. The van der Waals surface area contributed by atoms with E-state index in [-0.39, 0.29) is 11.9 Å². The third-order valence-corrected chi connectivity index (χ3v) is 2.02. The predicted octanol–water partition coefficient (Wildman–Crippen LogP) is 0.811. The monoisotopic (exact) mass is 208 g/mol. The van der Waals surface area contributed by atoms with Crippen LogP contribution in [0.15, 0.2) is 0 Å². The SMILES string of the molecule is COC(C)CCOC(CS)C(=O)O. The van der Waals surface area contributed by atoms with Crippen LogP contribution in [0.25, 0.3) is 0 Å². The number of ether oxygens (including phenoxy) is 2. The van der Waals surface area contributed by atoms with Gasteiger partial charge in [-0.05, 0) is 13.3 Å². The summed E-state index contributed by atoms with van der Waals surface area (Å²) >= 11 is 3.87. The Balaban J connectivity index is 3.55. The summed E-state index contributed by atoms with van der Waals surface area (Å²) in [6, 6.07) is 0. The quantitative estimate of drug-likeness (QED) is 0.608. The van der Waals surface area contributed by atoms with E-state index in [1.54, 1.807) is 7.11 Å². The van der Waals surface area contributed by atoms with Gasteiger partial charge < -0.3 is 14.6 Å². The van der Waals surface area contributed by atoms with Gasteiger partial charge in [0.25, 0.3) is 0 Å². The molecule has 2 unspecified atom stereocenters. The standard InChI is InChI=1S/C8H16O4S/c1-6(11-2)3-4-12-7(5-13)8(9)10/h6-7,13H,3-5H2,1-2H3,(H,9,10). The van der Waals surface area contributed by atoms with Gasteiger partial charge in [-0.15, -0.1) is 0 Å². The number of carboxylic acids is 1. The van der Waals surface area contributed by atoms with Crippen LogP contribution >= 0.6 is 12.6 Å². The third-order valence-electron chi connectivity index (χ3n) is 1.69. The molecule has 0 saturated heterocycles. The number of aliphatic carboxylic acids is 1. The van der Waals surface area contributed by atoms with Crippen molar-refractivity contribution in [3.63, 3.8) is 0 Å². The van der Waals surface area contributed by atoms with Gasteiger partial charge in [-0.1, -0.05) is 0 Å². The molecular formula is C8H16O4S. The zero-order valence-corrected chi connectivity index (χ0v) is 8.79. The fraction of sp³-hybridized carbons (Fsp3) is 0.875. The zero-order chi connectivity index (χ0) is 10.3. The molecule has 0 aromatic carbocycles. The Labute approximate surface area is 83.6 Å². The van der Waals surface area contributed by atoms with Crippen LogP contribution in [0.3, 0.4) is 0 Å². The van der Waals surface area contributed by atoms with E-state index >= 15 is 0 Å². The summed E-state index contributed by atoms with van der Waals surface area (Å²) in [7, 11) is 1.61. The van der Waals surface area contributed by atoms with Crippen molar-refractivity contribution in [3.8, 4) is 0 Å². The summed E-state index contributed by atoms with van der Waals surface area (Å²) in [5.74, 6) is -0.781. The van der Waals surface area contributed by atoms with Crippen molar-refractivity contribution < 1.29 is 19.4 Å². The second-order valence-electron chi connectivity index (χ2n) is 2.72. The topological polar surface area (TPSA) is 55.8 Å². The molecule has 78 valence electrons. The van der Waals surface area contributed by atoms with Gasteiger partial charge in [0.2, 0.25) is 0 Å². The van der Waals surface area contributed by atoms with E-state index in [0.717, 1.165) is 0 Å². The number of carbonyl (C=O) groups is 1. The normalized spacial score (nSPS) is 15.3. The molecule has 1 N–H and O–H groups in total. The Bertz CT molecular complexity index is 151. The molecule has 0 saturated carbocycles. The summed E-state index contributed by atoms with van der Waals surface area (Å²) < 4.78 is 10.0. The van der Waals surface area contributed by atoms with Crippen LogP contribution in [0.2, 0.25) is 0 Å². The largest absolute Gasteiger partial charge is 0.479 e. The molecule has 0 heterocycles. The smallest absolute Gasteiger partial charge is 0.333 e. The molecule has 0 spiro atoms. The molecule has 0 rings (SSSR count). The van der Waals surface area contributed by atoms with Crippen molar-refractivity contribution >= 4 is 18.6 Å². The molecule has 0 aromatic heterocycles. The Morgan fingerprint density at radius 1 is 1.62 bits per heavy atom. The first-order valence-electron chi connectivity index (χ1n) is 4.09. The van der Waals surface area contributed by atoms with Crippen LogP contribution < -0.4 is 0 Å². The van der Waals surface area contributed by atoms with Crippen LogP contribution in [0.5, 0.6) is 0 Å². The van der Waals surface area contributed by atoms with E-state index in [1.165, 1.54) is 0 Å². The first-order chi connectivity index (χ1) is 6.11. The Kier molecular flexibility index (Phi) is 7.03. The van der Waals surface area contributed by atoms with Crippen molar-refractivity contribution in [2.24, 2.45) is 0 Å². The zero-order valence-electron chi connectivity index (χ0n) is 7.90. The molecule has 0 aromatic rings. The van der Waals surface area contributed by atoms with Crippen molar-refractivity contribution in [2.45, 2.75) is 25.6 Å². The van der Waals surface area contributed by atoms with Gasteiger partial charge in [0.1, 0.15) is 0 Å². The Morgan fingerprint density at radius 3 is 2.62 bits per heavy atom. The predicted molar refractivity (Wildman–Crippen MR) is 52.3 cm³/mol. The van der Waals surface area contributed by atoms with Gasteiger partial charge >= 0.3 is 5.97 Å². The minimum atomic E-state index is -0.972. The lowest BCUT2D eigenvalue weighted by Gasteiger charge is -2.13. The van der Waals surface area contributed by atoms with Crippen LogP contribution in [0.1, 0.15) is 13.3 Å².